The van der Waals surface area contributed by atoms with Crippen LogP contribution in [0.15, 0.2) is 0 Å². The molecule has 4 aliphatic carbocycles. The Bertz CT molecular complexity index is 444. The first-order valence-corrected chi connectivity index (χ1v) is 8.39. The Morgan fingerprint density at radius 1 is 1.09 bits per heavy atom. The molecule has 4 saturated carbocycles. The zero-order valence-electron chi connectivity index (χ0n) is 13.6. The molecule has 4 bridgehead atoms. The number of hydrogen-bond donors (Lipinski definition) is 0. The predicted octanol–water partition coefficient (Wildman–Crippen LogP) is 2.47. The molecular formula is C17H26O5. The number of carbonyl (C=O) groups is 2. The molecule has 22 heavy (non-hydrogen) atoms. The van der Waals surface area contributed by atoms with Gasteiger partial charge in [-0.15, -0.1) is 0 Å². The highest BCUT2D eigenvalue weighted by Gasteiger charge is 2.61. The molecule has 0 aromatic heterocycles. The standard InChI is InChI=1S/C17H26O5/c1-3-14(18)21-4-5-22-17-9-12-6-13(10-17)8-16(7-12,11-17)15(19)20-2/h12-13H,3-11H2,1-2H3/t12-,13?,16?,17?/m1/s1. The quantitative estimate of drug-likeness (QED) is 0.557. The third kappa shape index (κ3) is 2.75. The normalized spacial score (nSPS) is 38.8. The van der Waals surface area contributed by atoms with E-state index in [1.807, 2.05) is 0 Å². The summed E-state index contributed by atoms with van der Waals surface area (Å²) in [6.45, 7) is 2.50. The van der Waals surface area contributed by atoms with Gasteiger partial charge in [-0.2, -0.15) is 0 Å². The maximum Gasteiger partial charge on any atom is 0.311 e. The second-order valence-corrected chi connectivity index (χ2v) is 7.34. The van der Waals surface area contributed by atoms with Gasteiger partial charge >= 0.3 is 11.9 Å². The summed E-state index contributed by atoms with van der Waals surface area (Å²) >= 11 is 0. The van der Waals surface area contributed by atoms with Gasteiger partial charge in [-0.05, 0) is 50.4 Å². The van der Waals surface area contributed by atoms with E-state index in [2.05, 4.69) is 0 Å². The molecule has 5 nitrogen and oxygen atoms in total. The predicted molar refractivity (Wildman–Crippen MR) is 79.1 cm³/mol. The van der Waals surface area contributed by atoms with E-state index in [0.717, 1.165) is 32.1 Å². The van der Waals surface area contributed by atoms with Crippen LogP contribution in [0.4, 0.5) is 0 Å². The Balaban J connectivity index is 1.64. The summed E-state index contributed by atoms with van der Waals surface area (Å²) in [7, 11) is 1.48. The number of methoxy groups -OCH3 is 1. The summed E-state index contributed by atoms with van der Waals surface area (Å²) < 4.78 is 16.4. The molecule has 124 valence electrons. The molecule has 0 aromatic rings. The summed E-state index contributed by atoms with van der Waals surface area (Å²) in [6, 6.07) is 0. The first-order chi connectivity index (χ1) is 10.5. The molecule has 4 rings (SSSR count). The van der Waals surface area contributed by atoms with Crippen molar-refractivity contribution in [2.75, 3.05) is 20.3 Å². The van der Waals surface area contributed by atoms with Gasteiger partial charge in [0, 0.05) is 6.42 Å². The maximum absolute atomic E-state index is 12.3. The van der Waals surface area contributed by atoms with E-state index in [1.165, 1.54) is 13.5 Å². The van der Waals surface area contributed by atoms with E-state index in [-0.39, 0.29) is 23.0 Å². The van der Waals surface area contributed by atoms with Crippen molar-refractivity contribution >= 4 is 11.9 Å². The molecule has 0 aliphatic heterocycles. The summed E-state index contributed by atoms with van der Waals surface area (Å²) in [4.78, 5) is 23.5. The smallest absolute Gasteiger partial charge is 0.311 e. The second kappa shape index (κ2) is 5.84. The minimum atomic E-state index is -0.334. The van der Waals surface area contributed by atoms with Crippen molar-refractivity contribution in [1.29, 1.82) is 0 Å². The monoisotopic (exact) mass is 310 g/mol. The molecule has 5 heteroatoms. The van der Waals surface area contributed by atoms with Crippen LogP contribution in [-0.4, -0.2) is 37.9 Å². The summed E-state index contributed by atoms with van der Waals surface area (Å²) in [5.41, 5.74) is -0.546. The van der Waals surface area contributed by atoms with Gasteiger partial charge in [0.05, 0.1) is 24.7 Å². The molecular weight excluding hydrogens is 284 g/mol. The average molecular weight is 310 g/mol. The Morgan fingerprint density at radius 2 is 1.77 bits per heavy atom. The van der Waals surface area contributed by atoms with Crippen LogP contribution in [0.5, 0.6) is 0 Å². The van der Waals surface area contributed by atoms with Gasteiger partial charge in [-0.3, -0.25) is 9.59 Å². The van der Waals surface area contributed by atoms with Crippen LogP contribution < -0.4 is 0 Å². The number of ether oxygens (including phenoxy) is 3. The van der Waals surface area contributed by atoms with Crippen molar-refractivity contribution < 1.29 is 23.8 Å². The zero-order valence-corrected chi connectivity index (χ0v) is 13.6. The molecule has 4 aliphatic rings. The molecule has 0 heterocycles. The lowest BCUT2D eigenvalue weighted by atomic mass is 9.48. The molecule has 0 radical (unpaired) electrons. The lowest BCUT2D eigenvalue weighted by Crippen LogP contribution is -2.59. The first kappa shape index (κ1) is 15.8. The van der Waals surface area contributed by atoms with Crippen LogP contribution >= 0.6 is 0 Å². The lowest BCUT2D eigenvalue weighted by Gasteiger charge is -2.60. The van der Waals surface area contributed by atoms with Gasteiger partial charge in [0.15, 0.2) is 0 Å². The largest absolute Gasteiger partial charge is 0.469 e. The molecule has 0 N–H and O–H groups in total. The van der Waals surface area contributed by atoms with Crippen LogP contribution in [0, 0.1) is 17.3 Å². The fourth-order valence-corrected chi connectivity index (χ4v) is 5.32. The van der Waals surface area contributed by atoms with Crippen LogP contribution in [0.2, 0.25) is 0 Å². The van der Waals surface area contributed by atoms with Crippen molar-refractivity contribution in [3.8, 4) is 0 Å². The van der Waals surface area contributed by atoms with Crippen LogP contribution in [0.25, 0.3) is 0 Å². The number of esters is 2. The summed E-state index contributed by atoms with van der Waals surface area (Å²) in [5.74, 6) is 0.879. The van der Waals surface area contributed by atoms with Gasteiger partial charge in [0.25, 0.3) is 0 Å². The van der Waals surface area contributed by atoms with Crippen molar-refractivity contribution in [1.82, 2.24) is 0 Å². The highest BCUT2D eigenvalue weighted by atomic mass is 16.6. The van der Waals surface area contributed by atoms with Gasteiger partial charge in [0.2, 0.25) is 0 Å². The van der Waals surface area contributed by atoms with Crippen molar-refractivity contribution in [3.63, 3.8) is 0 Å². The summed E-state index contributed by atoms with van der Waals surface area (Å²) in [5, 5.41) is 0. The van der Waals surface area contributed by atoms with Gasteiger partial charge in [0.1, 0.15) is 6.61 Å². The van der Waals surface area contributed by atoms with Crippen molar-refractivity contribution in [2.45, 2.75) is 57.5 Å². The summed E-state index contributed by atoms with van der Waals surface area (Å²) in [6.07, 6.45) is 6.34. The van der Waals surface area contributed by atoms with Crippen LogP contribution in [-0.2, 0) is 23.8 Å². The molecule has 0 amide bonds. The SMILES string of the molecule is CCC(=O)OCCOC12CC3C[C@@H](C1)CC(C(=O)OC)(C3)C2. The third-order valence-electron chi connectivity index (χ3n) is 5.67. The fraction of sp³-hybridized carbons (Fsp3) is 0.882. The zero-order chi connectivity index (χ0) is 15.8. The van der Waals surface area contributed by atoms with Crippen molar-refractivity contribution in [3.05, 3.63) is 0 Å². The topological polar surface area (TPSA) is 61.8 Å². The van der Waals surface area contributed by atoms with E-state index in [9.17, 15) is 9.59 Å². The average Bonchev–Trinajstić information content (AvgIpc) is 2.49. The van der Waals surface area contributed by atoms with Gasteiger partial charge < -0.3 is 14.2 Å². The Labute approximate surface area is 131 Å². The lowest BCUT2D eigenvalue weighted by molar-refractivity contribution is -0.211. The molecule has 4 atom stereocenters. The molecule has 0 saturated heterocycles. The minimum Gasteiger partial charge on any atom is -0.469 e. The fourth-order valence-electron chi connectivity index (χ4n) is 5.32. The Morgan fingerprint density at radius 3 is 2.36 bits per heavy atom. The highest BCUT2D eigenvalue weighted by molar-refractivity contribution is 5.77. The van der Waals surface area contributed by atoms with Gasteiger partial charge in [-0.1, -0.05) is 6.92 Å². The maximum atomic E-state index is 12.3. The van der Waals surface area contributed by atoms with E-state index >= 15 is 0 Å². The molecule has 3 unspecified atom stereocenters. The number of hydrogen-bond acceptors (Lipinski definition) is 5. The Kier molecular flexibility index (Phi) is 4.19. The van der Waals surface area contributed by atoms with E-state index in [4.69, 9.17) is 14.2 Å². The third-order valence-corrected chi connectivity index (χ3v) is 5.67. The van der Waals surface area contributed by atoms with Crippen molar-refractivity contribution in [2.24, 2.45) is 17.3 Å². The van der Waals surface area contributed by atoms with Crippen LogP contribution in [0.3, 0.4) is 0 Å². The Hall–Kier alpha value is -1.10. The van der Waals surface area contributed by atoms with Gasteiger partial charge in [-0.25, -0.2) is 0 Å². The van der Waals surface area contributed by atoms with E-state index < -0.39 is 0 Å². The number of rotatable bonds is 6. The molecule has 4 fully saturated rings. The molecule has 0 spiro atoms. The molecule has 0 aromatic carbocycles. The van der Waals surface area contributed by atoms with E-state index in [0.29, 0.717) is 31.5 Å². The highest BCUT2D eigenvalue weighted by Crippen LogP contribution is 2.63. The second-order valence-electron chi connectivity index (χ2n) is 7.34. The minimum absolute atomic E-state index is 0.0630. The first-order valence-electron chi connectivity index (χ1n) is 8.39. The number of carbonyl (C=O) groups excluding carboxylic acids is 2. The van der Waals surface area contributed by atoms with E-state index in [1.54, 1.807) is 6.92 Å². The van der Waals surface area contributed by atoms with Crippen LogP contribution in [0.1, 0.15) is 51.9 Å².